The molecule has 0 aliphatic carbocycles. The molecule has 0 atom stereocenters. The van der Waals surface area contributed by atoms with E-state index in [1.54, 1.807) is 38.6 Å². The van der Waals surface area contributed by atoms with Crippen LogP contribution in [0, 0.1) is 0 Å². The molecule has 0 bridgehead atoms. The number of ether oxygens (including phenoxy) is 2. The highest BCUT2D eigenvalue weighted by Crippen LogP contribution is 2.26. The normalized spacial score (nSPS) is 11.0. The summed E-state index contributed by atoms with van der Waals surface area (Å²) in [4.78, 5) is 18.9. The van der Waals surface area contributed by atoms with Crippen LogP contribution in [0.1, 0.15) is 35.8 Å². The average molecular weight is 368 g/mol. The van der Waals surface area contributed by atoms with Gasteiger partial charge in [0.15, 0.2) is 5.65 Å². The van der Waals surface area contributed by atoms with Crippen LogP contribution in [0.2, 0.25) is 0 Å². The average Bonchev–Trinajstić information content (AvgIpc) is 3.11. The van der Waals surface area contributed by atoms with Crippen molar-refractivity contribution in [3.8, 4) is 11.5 Å². The number of aromatic nitrogens is 3. The largest absolute Gasteiger partial charge is 0.497 e. The Bertz CT molecular complexity index is 965. The lowest BCUT2D eigenvalue weighted by molar-refractivity contribution is 0.0784. The Morgan fingerprint density at radius 1 is 1.19 bits per heavy atom. The highest BCUT2D eigenvalue weighted by Gasteiger charge is 2.17. The van der Waals surface area contributed by atoms with Crippen LogP contribution in [0.25, 0.3) is 11.0 Å². The van der Waals surface area contributed by atoms with Gasteiger partial charge in [0.25, 0.3) is 5.91 Å². The number of pyridine rings is 1. The maximum atomic E-state index is 12.8. The molecule has 2 aromatic heterocycles. The van der Waals surface area contributed by atoms with Gasteiger partial charge in [-0.15, -0.1) is 0 Å². The first-order chi connectivity index (χ1) is 12.9. The van der Waals surface area contributed by atoms with Gasteiger partial charge in [0.1, 0.15) is 11.5 Å². The summed E-state index contributed by atoms with van der Waals surface area (Å²) in [6.07, 6.45) is 3.35. The summed E-state index contributed by atoms with van der Waals surface area (Å²) in [6.45, 7) is 4.50. The molecule has 3 rings (SSSR count). The molecule has 0 fully saturated rings. The van der Waals surface area contributed by atoms with Crippen molar-refractivity contribution in [3.05, 3.63) is 47.8 Å². The molecule has 0 spiro atoms. The monoisotopic (exact) mass is 368 g/mol. The van der Waals surface area contributed by atoms with E-state index in [1.807, 2.05) is 42.8 Å². The van der Waals surface area contributed by atoms with Gasteiger partial charge in [-0.25, -0.2) is 9.67 Å². The van der Waals surface area contributed by atoms with E-state index in [0.717, 1.165) is 16.6 Å². The third kappa shape index (κ3) is 3.72. The van der Waals surface area contributed by atoms with Gasteiger partial charge in [-0.3, -0.25) is 4.79 Å². The van der Waals surface area contributed by atoms with Crippen molar-refractivity contribution >= 4 is 16.9 Å². The van der Waals surface area contributed by atoms with Crippen LogP contribution >= 0.6 is 0 Å². The van der Waals surface area contributed by atoms with E-state index in [4.69, 9.17) is 9.47 Å². The zero-order valence-corrected chi connectivity index (χ0v) is 16.3. The minimum absolute atomic E-state index is 0.112. The van der Waals surface area contributed by atoms with E-state index in [2.05, 4.69) is 10.1 Å². The van der Waals surface area contributed by atoms with Crippen LogP contribution in [-0.4, -0.2) is 46.8 Å². The van der Waals surface area contributed by atoms with E-state index in [9.17, 15) is 4.79 Å². The molecule has 0 unspecified atom stereocenters. The second-order valence-electron chi connectivity index (χ2n) is 6.66. The number of amides is 1. The van der Waals surface area contributed by atoms with Crippen LogP contribution in [0.5, 0.6) is 11.5 Å². The molecule has 0 aliphatic rings. The van der Waals surface area contributed by atoms with Gasteiger partial charge in [0, 0.05) is 42.8 Å². The maximum absolute atomic E-state index is 12.8. The first kappa shape index (κ1) is 18.7. The number of hydrogen-bond donors (Lipinski definition) is 0. The first-order valence-electron chi connectivity index (χ1n) is 8.74. The molecule has 1 amide bonds. The molecular formula is C20H24N4O3. The van der Waals surface area contributed by atoms with Crippen molar-refractivity contribution in [2.75, 3.05) is 21.3 Å². The Labute approximate surface area is 158 Å². The maximum Gasteiger partial charge on any atom is 0.255 e. The number of nitrogens with zero attached hydrogens (tertiary/aromatic N) is 4. The Hall–Kier alpha value is -3.09. The zero-order valence-electron chi connectivity index (χ0n) is 16.3. The van der Waals surface area contributed by atoms with Crippen molar-refractivity contribution in [1.29, 1.82) is 0 Å². The SMILES string of the molecule is COc1ccc(CN(C)C(=O)c2cnc3c(cnn3C(C)C)c2)c(OC)c1. The lowest BCUT2D eigenvalue weighted by Crippen LogP contribution is -2.26. The molecule has 2 heterocycles. The van der Waals surface area contributed by atoms with Crippen LogP contribution in [0.15, 0.2) is 36.7 Å². The summed E-state index contributed by atoms with van der Waals surface area (Å²) >= 11 is 0. The molecule has 0 radical (unpaired) electrons. The number of fused-ring (bicyclic) bond motifs is 1. The summed E-state index contributed by atoms with van der Waals surface area (Å²) < 4.78 is 12.5. The van der Waals surface area contributed by atoms with Crippen molar-refractivity contribution in [1.82, 2.24) is 19.7 Å². The fourth-order valence-corrected chi connectivity index (χ4v) is 2.97. The number of hydrogen-bond acceptors (Lipinski definition) is 5. The molecular weight excluding hydrogens is 344 g/mol. The Balaban J connectivity index is 1.82. The van der Waals surface area contributed by atoms with E-state index in [0.29, 0.717) is 23.6 Å². The van der Waals surface area contributed by atoms with Gasteiger partial charge in [0.05, 0.1) is 26.0 Å². The quantitative estimate of drug-likeness (QED) is 0.668. The van der Waals surface area contributed by atoms with Gasteiger partial charge < -0.3 is 14.4 Å². The lowest BCUT2D eigenvalue weighted by Gasteiger charge is -2.19. The van der Waals surface area contributed by atoms with E-state index < -0.39 is 0 Å². The fourth-order valence-electron chi connectivity index (χ4n) is 2.97. The molecule has 1 aromatic carbocycles. The van der Waals surface area contributed by atoms with Gasteiger partial charge in [-0.2, -0.15) is 5.10 Å². The Kier molecular flexibility index (Phi) is 5.30. The summed E-state index contributed by atoms with van der Waals surface area (Å²) in [5.74, 6) is 1.28. The smallest absolute Gasteiger partial charge is 0.255 e. The summed E-state index contributed by atoms with van der Waals surface area (Å²) in [5.41, 5.74) is 2.21. The van der Waals surface area contributed by atoms with Crippen LogP contribution in [0.4, 0.5) is 0 Å². The lowest BCUT2D eigenvalue weighted by atomic mass is 10.1. The number of carbonyl (C=O) groups is 1. The molecule has 27 heavy (non-hydrogen) atoms. The van der Waals surface area contributed by atoms with Crippen molar-refractivity contribution in [3.63, 3.8) is 0 Å². The van der Waals surface area contributed by atoms with Crippen LogP contribution < -0.4 is 9.47 Å². The second kappa shape index (κ2) is 7.65. The van der Waals surface area contributed by atoms with Crippen molar-refractivity contribution in [2.45, 2.75) is 26.4 Å². The molecule has 0 saturated carbocycles. The number of carbonyl (C=O) groups excluding carboxylic acids is 1. The minimum atomic E-state index is -0.112. The van der Waals surface area contributed by atoms with Gasteiger partial charge >= 0.3 is 0 Å². The first-order valence-corrected chi connectivity index (χ1v) is 8.74. The third-order valence-corrected chi connectivity index (χ3v) is 4.42. The third-order valence-electron chi connectivity index (χ3n) is 4.42. The van der Waals surface area contributed by atoms with Crippen LogP contribution in [-0.2, 0) is 6.54 Å². The van der Waals surface area contributed by atoms with E-state index in [-0.39, 0.29) is 11.9 Å². The Morgan fingerprint density at radius 3 is 2.63 bits per heavy atom. The topological polar surface area (TPSA) is 69.5 Å². The fraction of sp³-hybridized carbons (Fsp3) is 0.350. The van der Waals surface area contributed by atoms with Crippen LogP contribution in [0.3, 0.4) is 0 Å². The number of methoxy groups -OCH3 is 2. The second-order valence-corrected chi connectivity index (χ2v) is 6.66. The standard InChI is InChI=1S/C20H24N4O3/c1-13(2)24-19-15(11-22-24)8-16(10-21-19)20(25)23(3)12-14-6-7-17(26-4)9-18(14)27-5/h6-11,13H,12H2,1-5H3. The highest BCUT2D eigenvalue weighted by atomic mass is 16.5. The predicted molar refractivity (Wildman–Crippen MR) is 103 cm³/mol. The minimum Gasteiger partial charge on any atom is -0.497 e. The van der Waals surface area contributed by atoms with Gasteiger partial charge in [-0.1, -0.05) is 0 Å². The van der Waals surface area contributed by atoms with E-state index in [1.165, 1.54) is 0 Å². The van der Waals surface area contributed by atoms with Crippen molar-refractivity contribution in [2.24, 2.45) is 0 Å². The Morgan fingerprint density at radius 2 is 1.96 bits per heavy atom. The molecule has 7 heteroatoms. The molecule has 3 aromatic rings. The number of rotatable bonds is 6. The van der Waals surface area contributed by atoms with E-state index >= 15 is 0 Å². The molecule has 142 valence electrons. The summed E-state index contributed by atoms with van der Waals surface area (Å²) in [5, 5.41) is 5.20. The van der Waals surface area contributed by atoms with Gasteiger partial charge in [0.2, 0.25) is 0 Å². The summed E-state index contributed by atoms with van der Waals surface area (Å²) in [7, 11) is 4.97. The van der Waals surface area contributed by atoms with Gasteiger partial charge in [-0.05, 0) is 32.0 Å². The summed E-state index contributed by atoms with van der Waals surface area (Å²) in [6, 6.07) is 7.60. The molecule has 0 saturated heterocycles. The van der Waals surface area contributed by atoms with Crippen molar-refractivity contribution < 1.29 is 14.3 Å². The zero-order chi connectivity index (χ0) is 19.6. The number of benzene rings is 1. The molecule has 0 N–H and O–H groups in total. The highest BCUT2D eigenvalue weighted by molar-refractivity contribution is 5.96. The molecule has 7 nitrogen and oxygen atoms in total. The predicted octanol–water partition coefficient (Wildman–Crippen LogP) is 3.30. The molecule has 0 aliphatic heterocycles.